The highest BCUT2D eigenvalue weighted by Gasteiger charge is 2.18. The molecule has 0 unspecified atom stereocenters. The Kier molecular flexibility index (Phi) is 3.92. The molecule has 0 N–H and O–H groups in total. The standard InChI is InChI=1S/C11H11FN2O3/c1-3-6-13(2)11(15)8-4-5-10(14(16)17)9(12)7-8/h3-5,7H,1,6H2,2H3. The Labute approximate surface area is 97.3 Å². The summed E-state index contributed by atoms with van der Waals surface area (Å²) in [5, 5.41) is 10.4. The lowest BCUT2D eigenvalue weighted by Gasteiger charge is -2.14. The molecule has 5 nitrogen and oxygen atoms in total. The molecule has 0 aromatic heterocycles. The van der Waals surface area contributed by atoms with E-state index < -0.39 is 22.3 Å². The first-order valence-corrected chi connectivity index (χ1v) is 4.77. The molecule has 0 radical (unpaired) electrons. The highest BCUT2D eigenvalue weighted by molar-refractivity contribution is 5.94. The van der Waals surface area contributed by atoms with Crippen molar-refractivity contribution in [2.45, 2.75) is 0 Å². The minimum atomic E-state index is -1.02. The molecule has 0 atom stereocenters. The smallest absolute Gasteiger partial charge is 0.304 e. The number of carbonyl (C=O) groups excluding carboxylic acids is 1. The van der Waals surface area contributed by atoms with Crippen molar-refractivity contribution in [1.82, 2.24) is 4.90 Å². The van der Waals surface area contributed by atoms with Gasteiger partial charge < -0.3 is 4.90 Å². The number of amides is 1. The third kappa shape index (κ3) is 2.87. The average Bonchev–Trinajstić information content (AvgIpc) is 2.27. The van der Waals surface area contributed by atoms with Gasteiger partial charge >= 0.3 is 5.69 Å². The lowest BCUT2D eigenvalue weighted by atomic mass is 10.1. The average molecular weight is 238 g/mol. The van der Waals surface area contributed by atoms with Gasteiger partial charge in [0.15, 0.2) is 0 Å². The van der Waals surface area contributed by atoms with Crippen LogP contribution in [0.3, 0.4) is 0 Å². The molecule has 1 aromatic carbocycles. The zero-order valence-electron chi connectivity index (χ0n) is 9.22. The molecule has 1 amide bonds. The second-order valence-corrected chi connectivity index (χ2v) is 3.40. The Balaban J connectivity index is 3.01. The van der Waals surface area contributed by atoms with E-state index in [-0.39, 0.29) is 5.56 Å². The van der Waals surface area contributed by atoms with Gasteiger partial charge in [-0.15, -0.1) is 6.58 Å². The summed E-state index contributed by atoms with van der Waals surface area (Å²) in [7, 11) is 1.53. The summed E-state index contributed by atoms with van der Waals surface area (Å²) in [5.74, 6) is -1.44. The van der Waals surface area contributed by atoms with E-state index in [0.717, 1.165) is 12.1 Å². The van der Waals surface area contributed by atoms with E-state index in [2.05, 4.69) is 6.58 Å². The zero-order chi connectivity index (χ0) is 13.0. The lowest BCUT2D eigenvalue weighted by molar-refractivity contribution is -0.387. The van der Waals surface area contributed by atoms with Crippen LogP contribution < -0.4 is 0 Å². The minimum absolute atomic E-state index is 0.0671. The highest BCUT2D eigenvalue weighted by atomic mass is 19.1. The number of hydrogen-bond donors (Lipinski definition) is 0. The van der Waals surface area contributed by atoms with Crippen molar-refractivity contribution < 1.29 is 14.1 Å². The largest absolute Gasteiger partial charge is 0.338 e. The van der Waals surface area contributed by atoms with E-state index in [0.29, 0.717) is 6.54 Å². The number of hydrogen-bond acceptors (Lipinski definition) is 3. The molecule has 0 aliphatic carbocycles. The topological polar surface area (TPSA) is 63.5 Å². The lowest BCUT2D eigenvalue weighted by Crippen LogP contribution is -2.26. The van der Waals surface area contributed by atoms with Crippen molar-refractivity contribution in [2.24, 2.45) is 0 Å². The Morgan fingerprint density at radius 2 is 2.29 bits per heavy atom. The molecule has 6 heteroatoms. The molecule has 0 saturated carbocycles. The predicted molar refractivity (Wildman–Crippen MR) is 60.2 cm³/mol. The molecule has 0 saturated heterocycles. The molecule has 0 fully saturated rings. The van der Waals surface area contributed by atoms with Crippen LogP contribution in [0.25, 0.3) is 0 Å². The van der Waals surface area contributed by atoms with Crippen LogP contribution in [0, 0.1) is 15.9 Å². The Morgan fingerprint density at radius 3 is 2.76 bits per heavy atom. The maximum atomic E-state index is 13.3. The maximum Gasteiger partial charge on any atom is 0.304 e. The van der Waals surface area contributed by atoms with Crippen molar-refractivity contribution in [2.75, 3.05) is 13.6 Å². The molecule has 0 bridgehead atoms. The molecule has 0 aliphatic heterocycles. The first kappa shape index (κ1) is 12.8. The number of nitro groups is 1. The Bertz CT molecular complexity index is 474. The fourth-order valence-corrected chi connectivity index (χ4v) is 1.28. The van der Waals surface area contributed by atoms with Gasteiger partial charge in [0.2, 0.25) is 5.82 Å². The van der Waals surface area contributed by atoms with Crippen LogP contribution >= 0.6 is 0 Å². The summed E-state index contributed by atoms with van der Waals surface area (Å²) in [6.45, 7) is 3.79. The van der Waals surface area contributed by atoms with Crippen LogP contribution in [-0.4, -0.2) is 29.3 Å². The van der Waals surface area contributed by atoms with Crippen LogP contribution in [0.2, 0.25) is 0 Å². The van der Waals surface area contributed by atoms with Gasteiger partial charge in [0, 0.05) is 25.2 Å². The van der Waals surface area contributed by atoms with Gasteiger partial charge in [-0.2, -0.15) is 4.39 Å². The van der Waals surface area contributed by atoms with Crippen molar-refractivity contribution in [1.29, 1.82) is 0 Å². The second kappa shape index (κ2) is 5.20. The quantitative estimate of drug-likeness (QED) is 0.457. The molecule has 1 aromatic rings. The van der Waals surface area contributed by atoms with Crippen LogP contribution in [0.1, 0.15) is 10.4 Å². The van der Waals surface area contributed by atoms with E-state index in [4.69, 9.17) is 0 Å². The molecular formula is C11H11FN2O3. The molecule has 0 heterocycles. The molecule has 90 valence electrons. The number of nitro benzene ring substituents is 1. The van der Waals surface area contributed by atoms with Gasteiger partial charge in [-0.25, -0.2) is 0 Å². The normalized spacial score (nSPS) is 9.76. The van der Waals surface area contributed by atoms with Crippen molar-refractivity contribution in [3.8, 4) is 0 Å². The van der Waals surface area contributed by atoms with E-state index in [1.54, 1.807) is 0 Å². The van der Waals surface area contributed by atoms with Gasteiger partial charge in [0.25, 0.3) is 5.91 Å². The van der Waals surface area contributed by atoms with E-state index in [9.17, 15) is 19.3 Å². The van der Waals surface area contributed by atoms with Crippen LogP contribution in [-0.2, 0) is 0 Å². The van der Waals surface area contributed by atoms with Crippen molar-refractivity contribution >= 4 is 11.6 Å². The number of likely N-dealkylation sites (N-methyl/N-ethyl adjacent to an activating group) is 1. The molecule has 1 rings (SSSR count). The summed E-state index contributed by atoms with van der Waals surface area (Å²) in [5.41, 5.74) is -0.578. The number of halogens is 1. The van der Waals surface area contributed by atoms with Crippen LogP contribution in [0.15, 0.2) is 30.9 Å². The molecule has 0 spiro atoms. The zero-order valence-corrected chi connectivity index (χ0v) is 9.22. The first-order valence-electron chi connectivity index (χ1n) is 4.77. The summed E-state index contributed by atoms with van der Waals surface area (Å²) in [4.78, 5) is 22.6. The third-order valence-electron chi connectivity index (χ3n) is 2.14. The van der Waals surface area contributed by atoms with E-state index in [1.807, 2.05) is 0 Å². The van der Waals surface area contributed by atoms with E-state index in [1.165, 1.54) is 24.1 Å². The fourth-order valence-electron chi connectivity index (χ4n) is 1.28. The van der Waals surface area contributed by atoms with E-state index >= 15 is 0 Å². The number of benzene rings is 1. The van der Waals surface area contributed by atoms with Gasteiger partial charge in [0.05, 0.1) is 4.92 Å². The second-order valence-electron chi connectivity index (χ2n) is 3.40. The first-order chi connectivity index (χ1) is 7.97. The Morgan fingerprint density at radius 1 is 1.65 bits per heavy atom. The van der Waals surface area contributed by atoms with Gasteiger partial charge in [0.1, 0.15) is 0 Å². The summed E-state index contributed by atoms with van der Waals surface area (Å²) in [6.07, 6.45) is 1.53. The molecule has 0 aliphatic rings. The highest BCUT2D eigenvalue weighted by Crippen LogP contribution is 2.18. The third-order valence-corrected chi connectivity index (χ3v) is 2.14. The number of carbonyl (C=O) groups is 1. The van der Waals surface area contributed by atoms with Crippen LogP contribution in [0.5, 0.6) is 0 Å². The van der Waals surface area contributed by atoms with Crippen molar-refractivity contribution in [3.05, 3.63) is 52.3 Å². The molecule has 17 heavy (non-hydrogen) atoms. The van der Waals surface area contributed by atoms with Gasteiger partial charge in [-0.3, -0.25) is 14.9 Å². The van der Waals surface area contributed by atoms with Gasteiger partial charge in [-0.1, -0.05) is 6.08 Å². The Hall–Kier alpha value is -2.24. The SMILES string of the molecule is C=CCN(C)C(=O)c1ccc([N+](=O)[O-])c(F)c1. The number of nitrogens with zero attached hydrogens (tertiary/aromatic N) is 2. The number of rotatable bonds is 4. The maximum absolute atomic E-state index is 13.3. The van der Waals surface area contributed by atoms with Crippen LogP contribution in [0.4, 0.5) is 10.1 Å². The van der Waals surface area contributed by atoms with Gasteiger partial charge in [-0.05, 0) is 12.1 Å². The molecular weight excluding hydrogens is 227 g/mol. The summed E-state index contributed by atoms with van der Waals surface area (Å²) < 4.78 is 13.3. The summed E-state index contributed by atoms with van der Waals surface area (Å²) >= 11 is 0. The summed E-state index contributed by atoms with van der Waals surface area (Å²) in [6, 6.07) is 3.06. The monoisotopic (exact) mass is 238 g/mol. The fraction of sp³-hybridized carbons (Fsp3) is 0.182. The predicted octanol–water partition coefficient (Wildman–Crippen LogP) is 1.99. The minimum Gasteiger partial charge on any atom is -0.338 e. The van der Waals surface area contributed by atoms with Crippen molar-refractivity contribution in [3.63, 3.8) is 0 Å².